The fourth-order valence-electron chi connectivity index (χ4n) is 1.87. The van der Waals surface area contributed by atoms with Crippen molar-refractivity contribution >= 4 is 21.8 Å². The first-order valence-electron chi connectivity index (χ1n) is 5.15. The molecule has 0 aliphatic rings. The van der Waals surface area contributed by atoms with Crippen LogP contribution in [0.15, 0.2) is 36.5 Å². The molecule has 0 aliphatic heterocycles. The maximum Gasteiger partial charge on any atom is 0.574 e. The van der Waals surface area contributed by atoms with Crippen molar-refractivity contribution in [2.45, 2.75) is 6.36 Å². The number of rotatable bonds is 1. The Bertz CT molecular complexity index is 718. The Kier molecular flexibility index (Phi) is 2.19. The average molecular weight is 252 g/mol. The summed E-state index contributed by atoms with van der Waals surface area (Å²) in [6, 6.07) is 8.25. The highest BCUT2D eigenvalue weighted by Crippen LogP contribution is 2.27. The van der Waals surface area contributed by atoms with E-state index in [1.165, 1.54) is 6.07 Å². The molecule has 0 atom stereocenters. The van der Waals surface area contributed by atoms with Crippen LogP contribution in [0.25, 0.3) is 21.8 Å². The van der Waals surface area contributed by atoms with Crippen molar-refractivity contribution in [2.75, 3.05) is 0 Å². The molecule has 0 saturated heterocycles. The summed E-state index contributed by atoms with van der Waals surface area (Å²) >= 11 is 0. The Labute approximate surface area is 99.2 Å². The first-order valence-corrected chi connectivity index (χ1v) is 5.15. The van der Waals surface area contributed by atoms with Crippen molar-refractivity contribution in [1.82, 2.24) is 9.97 Å². The molecule has 1 aromatic carbocycles. The van der Waals surface area contributed by atoms with Gasteiger partial charge >= 0.3 is 6.36 Å². The molecular weight excluding hydrogens is 245 g/mol. The van der Waals surface area contributed by atoms with E-state index in [9.17, 15) is 13.2 Å². The summed E-state index contributed by atoms with van der Waals surface area (Å²) in [5.41, 5.74) is 1.15. The minimum absolute atomic E-state index is 0.458. The topological polar surface area (TPSA) is 37.9 Å². The number of alkyl halides is 3. The van der Waals surface area contributed by atoms with Crippen LogP contribution in [0.3, 0.4) is 0 Å². The van der Waals surface area contributed by atoms with E-state index in [1.807, 2.05) is 12.1 Å². The monoisotopic (exact) mass is 252 g/mol. The number of nitrogens with zero attached hydrogens (tertiary/aromatic N) is 1. The zero-order valence-corrected chi connectivity index (χ0v) is 8.95. The molecule has 0 amide bonds. The largest absolute Gasteiger partial charge is 0.574 e. The number of nitrogens with one attached hydrogen (secondary N) is 1. The highest BCUT2D eigenvalue weighted by molar-refractivity contribution is 6.03. The van der Waals surface area contributed by atoms with Gasteiger partial charge in [0.05, 0.1) is 11.0 Å². The van der Waals surface area contributed by atoms with Gasteiger partial charge in [0, 0.05) is 23.0 Å². The van der Waals surface area contributed by atoms with E-state index in [0.717, 1.165) is 10.8 Å². The van der Waals surface area contributed by atoms with E-state index in [1.54, 1.807) is 18.3 Å². The van der Waals surface area contributed by atoms with E-state index >= 15 is 0 Å². The molecule has 0 fully saturated rings. The summed E-state index contributed by atoms with van der Waals surface area (Å²) in [5.74, 6) is -0.461. The number of pyridine rings is 1. The number of hydrogen-bond donors (Lipinski definition) is 1. The molecule has 92 valence electrons. The van der Waals surface area contributed by atoms with Crippen LogP contribution in [0.5, 0.6) is 5.88 Å². The molecule has 0 bridgehead atoms. The van der Waals surface area contributed by atoms with Gasteiger partial charge in [0.25, 0.3) is 0 Å². The summed E-state index contributed by atoms with van der Waals surface area (Å²) in [6.45, 7) is 0. The molecule has 0 saturated carbocycles. The number of fused-ring (bicyclic) bond motifs is 3. The lowest BCUT2D eigenvalue weighted by Gasteiger charge is -2.08. The van der Waals surface area contributed by atoms with Crippen LogP contribution in [0.2, 0.25) is 0 Å². The molecule has 0 spiro atoms. The highest BCUT2D eigenvalue weighted by atomic mass is 19.4. The Balaban J connectivity index is 2.20. The van der Waals surface area contributed by atoms with E-state index < -0.39 is 12.2 Å². The van der Waals surface area contributed by atoms with Crippen LogP contribution in [-0.2, 0) is 0 Å². The number of H-pyrrole nitrogens is 1. The summed E-state index contributed by atoms with van der Waals surface area (Å²) < 4.78 is 40.2. The van der Waals surface area contributed by atoms with Crippen molar-refractivity contribution in [1.29, 1.82) is 0 Å². The second kappa shape index (κ2) is 3.63. The third-order valence-corrected chi connectivity index (χ3v) is 2.58. The van der Waals surface area contributed by atoms with Crippen LogP contribution in [0.4, 0.5) is 13.2 Å². The molecule has 0 radical (unpaired) electrons. The number of benzene rings is 1. The Morgan fingerprint density at radius 1 is 1.00 bits per heavy atom. The molecule has 0 aliphatic carbocycles. The van der Waals surface area contributed by atoms with E-state index in [2.05, 4.69) is 14.7 Å². The van der Waals surface area contributed by atoms with E-state index in [4.69, 9.17) is 0 Å². The van der Waals surface area contributed by atoms with Crippen LogP contribution in [0, 0.1) is 0 Å². The standard InChI is InChI=1S/C12H7F3N2O/c13-12(14,15)18-9-4-3-7-1-2-8-5-6-16-10(8)11(7)17-9/h1-6,16H. The van der Waals surface area contributed by atoms with Gasteiger partial charge in [-0.15, -0.1) is 13.2 Å². The lowest BCUT2D eigenvalue weighted by Crippen LogP contribution is -2.17. The molecule has 2 aromatic heterocycles. The van der Waals surface area contributed by atoms with Gasteiger partial charge in [0.15, 0.2) is 0 Å². The lowest BCUT2D eigenvalue weighted by atomic mass is 10.1. The van der Waals surface area contributed by atoms with Gasteiger partial charge in [0.1, 0.15) is 0 Å². The second-order valence-electron chi connectivity index (χ2n) is 3.78. The van der Waals surface area contributed by atoms with Crippen molar-refractivity contribution in [2.24, 2.45) is 0 Å². The molecule has 1 N–H and O–H groups in total. The fraction of sp³-hybridized carbons (Fsp3) is 0.0833. The third kappa shape index (κ3) is 1.85. The first-order chi connectivity index (χ1) is 8.53. The van der Waals surface area contributed by atoms with Gasteiger partial charge in [-0.2, -0.15) is 0 Å². The van der Waals surface area contributed by atoms with Crippen molar-refractivity contribution in [3.8, 4) is 5.88 Å². The fourth-order valence-corrected chi connectivity index (χ4v) is 1.87. The molecule has 3 aromatic rings. The highest BCUT2D eigenvalue weighted by Gasteiger charge is 2.31. The third-order valence-electron chi connectivity index (χ3n) is 2.58. The normalized spacial score (nSPS) is 12.2. The predicted molar refractivity (Wildman–Crippen MR) is 60.3 cm³/mol. The second-order valence-corrected chi connectivity index (χ2v) is 3.78. The number of aromatic amines is 1. The number of ether oxygens (including phenoxy) is 1. The zero-order valence-electron chi connectivity index (χ0n) is 8.95. The number of halogens is 3. The summed E-state index contributed by atoms with van der Waals surface area (Å²) in [5, 5.41) is 1.64. The molecular formula is C12H7F3N2O. The van der Waals surface area contributed by atoms with Crippen LogP contribution < -0.4 is 4.74 Å². The maximum atomic E-state index is 12.1. The molecule has 2 heterocycles. The van der Waals surface area contributed by atoms with Gasteiger partial charge in [-0.1, -0.05) is 12.1 Å². The SMILES string of the molecule is FC(F)(F)Oc1ccc2ccc3cc[nH]c3c2n1. The summed E-state index contributed by atoms with van der Waals surface area (Å²) in [4.78, 5) is 6.84. The van der Waals surface area contributed by atoms with Crippen molar-refractivity contribution in [3.63, 3.8) is 0 Å². The molecule has 3 nitrogen and oxygen atoms in total. The van der Waals surface area contributed by atoms with Gasteiger partial charge in [0.2, 0.25) is 5.88 Å². The smallest absolute Gasteiger partial charge is 0.388 e. The van der Waals surface area contributed by atoms with Crippen LogP contribution in [0.1, 0.15) is 0 Å². The Morgan fingerprint density at radius 2 is 1.72 bits per heavy atom. The lowest BCUT2D eigenvalue weighted by molar-refractivity contribution is -0.276. The number of aromatic nitrogens is 2. The maximum absolute atomic E-state index is 12.1. The summed E-state index contributed by atoms with van der Waals surface area (Å²) in [6.07, 6.45) is -3.02. The van der Waals surface area contributed by atoms with Crippen molar-refractivity contribution in [3.05, 3.63) is 36.5 Å². The van der Waals surface area contributed by atoms with Gasteiger partial charge in [-0.05, 0) is 12.1 Å². The summed E-state index contributed by atoms with van der Waals surface area (Å²) in [7, 11) is 0. The minimum atomic E-state index is -4.73. The first kappa shape index (κ1) is 10.9. The Morgan fingerprint density at radius 3 is 2.50 bits per heavy atom. The number of hydrogen-bond acceptors (Lipinski definition) is 2. The molecule has 3 rings (SSSR count). The van der Waals surface area contributed by atoms with Gasteiger partial charge in [-0.3, -0.25) is 0 Å². The zero-order chi connectivity index (χ0) is 12.8. The van der Waals surface area contributed by atoms with Crippen LogP contribution in [-0.4, -0.2) is 16.3 Å². The average Bonchev–Trinajstić information content (AvgIpc) is 2.75. The molecule has 0 unspecified atom stereocenters. The molecule has 6 heteroatoms. The van der Waals surface area contributed by atoms with Crippen LogP contribution >= 0.6 is 0 Å². The van der Waals surface area contributed by atoms with Gasteiger partial charge < -0.3 is 9.72 Å². The van der Waals surface area contributed by atoms with Gasteiger partial charge in [-0.25, -0.2) is 4.98 Å². The minimum Gasteiger partial charge on any atom is -0.388 e. The Hall–Kier alpha value is -2.24. The molecule has 18 heavy (non-hydrogen) atoms. The van der Waals surface area contributed by atoms with E-state index in [0.29, 0.717) is 11.0 Å². The van der Waals surface area contributed by atoms with Crippen molar-refractivity contribution < 1.29 is 17.9 Å². The predicted octanol–water partition coefficient (Wildman–Crippen LogP) is 3.61. The van der Waals surface area contributed by atoms with E-state index in [-0.39, 0.29) is 0 Å². The quantitative estimate of drug-likeness (QED) is 0.718.